The van der Waals surface area contributed by atoms with Gasteiger partial charge in [0.05, 0.1) is 12.2 Å². The molecule has 0 aromatic heterocycles. The van der Waals surface area contributed by atoms with E-state index in [2.05, 4.69) is 0 Å². The summed E-state index contributed by atoms with van der Waals surface area (Å²) in [6.07, 6.45) is 1.31. The maximum absolute atomic E-state index is 12.8. The third kappa shape index (κ3) is 4.03. The van der Waals surface area contributed by atoms with Gasteiger partial charge in [0.15, 0.2) is 0 Å². The fraction of sp³-hybridized carbons (Fsp3) is 0.533. The van der Waals surface area contributed by atoms with Gasteiger partial charge in [0, 0.05) is 19.5 Å². The smallest absolute Gasteiger partial charge is 0.223 e. The molecule has 0 saturated carbocycles. The predicted octanol–water partition coefficient (Wildman–Crippen LogP) is 2.39. The molecule has 19 heavy (non-hydrogen) atoms. The van der Waals surface area contributed by atoms with Gasteiger partial charge in [-0.1, -0.05) is 12.1 Å². The molecule has 1 aromatic carbocycles. The Bertz CT molecular complexity index is 422. The minimum atomic E-state index is -0.245. The molecule has 1 aromatic rings. The maximum Gasteiger partial charge on any atom is 0.223 e. The molecule has 0 aliphatic carbocycles. The highest BCUT2D eigenvalue weighted by molar-refractivity contribution is 5.76. The van der Waals surface area contributed by atoms with Gasteiger partial charge in [-0.05, 0) is 38.0 Å². The van der Waals surface area contributed by atoms with Gasteiger partial charge >= 0.3 is 0 Å². The predicted molar refractivity (Wildman–Crippen MR) is 71.3 cm³/mol. The van der Waals surface area contributed by atoms with E-state index < -0.39 is 0 Å². The summed E-state index contributed by atoms with van der Waals surface area (Å²) >= 11 is 0. The molecule has 1 aliphatic heterocycles. The average molecular weight is 265 g/mol. The fourth-order valence-corrected chi connectivity index (χ4v) is 2.44. The second kappa shape index (κ2) is 6.15. The molecule has 0 spiro atoms. The van der Waals surface area contributed by atoms with E-state index in [9.17, 15) is 9.18 Å². The summed E-state index contributed by atoms with van der Waals surface area (Å²) in [6, 6.07) is 6.32. The number of morpholine rings is 1. The van der Waals surface area contributed by atoms with E-state index in [0.717, 1.165) is 5.56 Å². The van der Waals surface area contributed by atoms with Crippen molar-refractivity contribution in [1.29, 1.82) is 0 Å². The van der Waals surface area contributed by atoms with E-state index in [4.69, 9.17) is 4.74 Å². The third-order valence-corrected chi connectivity index (χ3v) is 3.31. The summed E-state index contributed by atoms with van der Waals surface area (Å²) in [5, 5.41) is 0. The number of carbonyl (C=O) groups is 1. The molecule has 0 N–H and O–H groups in total. The molecule has 1 saturated heterocycles. The van der Waals surface area contributed by atoms with E-state index in [1.54, 1.807) is 12.1 Å². The quantitative estimate of drug-likeness (QED) is 0.840. The lowest BCUT2D eigenvalue weighted by Crippen LogP contribution is -2.48. The first kappa shape index (κ1) is 14.0. The van der Waals surface area contributed by atoms with E-state index in [-0.39, 0.29) is 23.9 Å². The van der Waals surface area contributed by atoms with Crippen molar-refractivity contribution in [1.82, 2.24) is 4.90 Å². The van der Waals surface area contributed by atoms with Crippen molar-refractivity contribution < 1.29 is 13.9 Å². The number of aryl methyl sites for hydroxylation is 1. The fourth-order valence-electron chi connectivity index (χ4n) is 2.44. The van der Waals surface area contributed by atoms with Crippen molar-refractivity contribution in [3.63, 3.8) is 0 Å². The number of benzene rings is 1. The maximum atomic E-state index is 12.8. The van der Waals surface area contributed by atoms with Crippen LogP contribution in [0.5, 0.6) is 0 Å². The van der Waals surface area contributed by atoms with Crippen LogP contribution in [0.15, 0.2) is 24.3 Å². The number of rotatable bonds is 3. The van der Waals surface area contributed by atoms with Crippen molar-refractivity contribution in [2.45, 2.75) is 38.9 Å². The van der Waals surface area contributed by atoms with Crippen LogP contribution in [0, 0.1) is 5.82 Å². The monoisotopic (exact) mass is 265 g/mol. The molecule has 104 valence electrons. The molecule has 2 rings (SSSR count). The lowest BCUT2D eigenvalue weighted by molar-refractivity contribution is -0.143. The SMILES string of the molecule is CC1CN(C(=O)CCc2ccc(F)cc2)CC(C)O1. The normalized spacial score (nSPS) is 23.4. The zero-order valence-corrected chi connectivity index (χ0v) is 11.4. The Labute approximate surface area is 113 Å². The van der Waals surface area contributed by atoms with Crippen LogP contribution < -0.4 is 0 Å². The molecule has 1 fully saturated rings. The topological polar surface area (TPSA) is 29.5 Å². The third-order valence-electron chi connectivity index (χ3n) is 3.31. The Hall–Kier alpha value is -1.42. The highest BCUT2D eigenvalue weighted by Crippen LogP contribution is 2.13. The Balaban J connectivity index is 1.85. The average Bonchev–Trinajstić information content (AvgIpc) is 2.36. The van der Waals surface area contributed by atoms with Crippen molar-refractivity contribution in [2.24, 2.45) is 0 Å². The number of ether oxygens (including phenoxy) is 1. The molecule has 1 amide bonds. The lowest BCUT2D eigenvalue weighted by Gasteiger charge is -2.35. The highest BCUT2D eigenvalue weighted by Gasteiger charge is 2.25. The first-order valence-electron chi connectivity index (χ1n) is 6.72. The zero-order chi connectivity index (χ0) is 13.8. The molecule has 1 aliphatic rings. The van der Waals surface area contributed by atoms with Gasteiger partial charge in [-0.3, -0.25) is 4.79 Å². The molecule has 0 bridgehead atoms. The van der Waals surface area contributed by atoms with Crippen LogP contribution >= 0.6 is 0 Å². The summed E-state index contributed by atoms with van der Waals surface area (Å²) in [4.78, 5) is 14.0. The van der Waals surface area contributed by atoms with Gasteiger partial charge in [-0.15, -0.1) is 0 Å². The molecular formula is C15H20FNO2. The van der Waals surface area contributed by atoms with Gasteiger partial charge in [0.25, 0.3) is 0 Å². The summed E-state index contributed by atoms with van der Waals surface area (Å²) < 4.78 is 18.4. The number of amides is 1. The molecule has 1 heterocycles. The van der Waals surface area contributed by atoms with Crippen molar-refractivity contribution in [2.75, 3.05) is 13.1 Å². The minimum absolute atomic E-state index is 0.0959. The van der Waals surface area contributed by atoms with Gasteiger partial charge in [-0.2, -0.15) is 0 Å². The largest absolute Gasteiger partial charge is 0.372 e. The summed E-state index contributed by atoms with van der Waals surface area (Å²) in [5.41, 5.74) is 0.990. The van der Waals surface area contributed by atoms with Crippen LogP contribution in [-0.2, 0) is 16.0 Å². The van der Waals surface area contributed by atoms with Gasteiger partial charge in [0.2, 0.25) is 5.91 Å². The Morgan fingerprint density at radius 3 is 2.42 bits per heavy atom. The van der Waals surface area contributed by atoms with Crippen LogP contribution in [-0.4, -0.2) is 36.1 Å². The van der Waals surface area contributed by atoms with Crippen molar-refractivity contribution in [3.05, 3.63) is 35.6 Å². The van der Waals surface area contributed by atoms with Gasteiger partial charge in [0.1, 0.15) is 5.82 Å². The number of nitrogens with zero attached hydrogens (tertiary/aromatic N) is 1. The number of carbonyl (C=O) groups excluding carboxylic acids is 1. The van der Waals surface area contributed by atoms with Crippen molar-refractivity contribution >= 4 is 5.91 Å². The number of hydrogen-bond donors (Lipinski definition) is 0. The van der Waals surface area contributed by atoms with E-state index in [0.29, 0.717) is 25.9 Å². The van der Waals surface area contributed by atoms with Crippen LogP contribution in [0.1, 0.15) is 25.8 Å². The Morgan fingerprint density at radius 1 is 1.26 bits per heavy atom. The first-order chi connectivity index (χ1) is 9.04. The molecule has 0 radical (unpaired) electrons. The molecule has 4 heteroatoms. The second-order valence-corrected chi connectivity index (χ2v) is 5.18. The zero-order valence-electron chi connectivity index (χ0n) is 11.4. The summed E-state index contributed by atoms with van der Waals surface area (Å²) in [6.45, 7) is 5.28. The highest BCUT2D eigenvalue weighted by atomic mass is 19.1. The van der Waals surface area contributed by atoms with Crippen LogP contribution in [0.2, 0.25) is 0 Å². The Kier molecular flexibility index (Phi) is 4.53. The van der Waals surface area contributed by atoms with E-state index in [1.807, 2.05) is 18.7 Å². The van der Waals surface area contributed by atoms with Crippen LogP contribution in [0.3, 0.4) is 0 Å². The lowest BCUT2D eigenvalue weighted by atomic mass is 10.1. The second-order valence-electron chi connectivity index (χ2n) is 5.18. The summed E-state index contributed by atoms with van der Waals surface area (Å²) in [5.74, 6) is -0.0998. The van der Waals surface area contributed by atoms with E-state index in [1.165, 1.54) is 12.1 Å². The van der Waals surface area contributed by atoms with Gasteiger partial charge in [-0.25, -0.2) is 4.39 Å². The van der Waals surface area contributed by atoms with Crippen LogP contribution in [0.4, 0.5) is 4.39 Å². The van der Waals surface area contributed by atoms with Gasteiger partial charge < -0.3 is 9.64 Å². The molecule has 2 atom stereocenters. The number of halogens is 1. The van der Waals surface area contributed by atoms with Crippen LogP contribution in [0.25, 0.3) is 0 Å². The molecule has 3 nitrogen and oxygen atoms in total. The molecular weight excluding hydrogens is 245 g/mol. The van der Waals surface area contributed by atoms with E-state index >= 15 is 0 Å². The summed E-state index contributed by atoms with van der Waals surface area (Å²) in [7, 11) is 0. The standard InChI is InChI=1S/C15H20FNO2/c1-11-9-17(10-12(2)19-11)15(18)8-5-13-3-6-14(16)7-4-13/h3-4,6-7,11-12H,5,8-10H2,1-2H3. The molecule has 2 unspecified atom stereocenters. The number of hydrogen-bond acceptors (Lipinski definition) is 2. The first-order valence-corrected chi connectivity index (χ1v) is 6.72. The van der Waals surface area contributed by atoms with Crippen molar-refractivity contribution in [3.8, 4) is 0 Å². The Morgan fingerprint density at radius 2 is 1.84 bits per heavy atom. The minimum Gasteiger partial charge on any atom is -0.372 e.